The van der Waals surface area contributed by atoms with Crippen molar-refractivity contribution in [1.82, 2.24) is 0 Å². The van der Waals surface area contributed by atoms with Crippen LogP contribution < -0.4 is 11.1 Å². The molecule has 2 atom stereocenters. The molecule has 0 aliphatic heterocycles. The number of rotatable bonds is 2. The SMILES string of the molecule is N[C@H]1CCC[C@@H]1Nc1c(F)cccc1F. The van der Waals surface area contributed by atoms with Crippen LogP contribution >= 0.6 is 0 Å². The molecule has 0 amide bonds. The molecule has 15 heavy (non-hydrogen) atoms. The van der Waals surface area contributed by atoms with Crippen molar-refractivity contribution in [3.05, 3.63) is 29.8 Å². The minimum absolute atomic E-state index is 0.0102. The van der Waals surface area contributed by atoms with Crippen molar-refractivity contribution in [2.45, 2.75) is 31.3 Å². The van der Waals surface area contributed by atoms with E-state index in [-0.39, 0.29) is 17.8 Å². The molecule has 1 aliphatic carbocycles. The fraction of sp³-hybridized carbons (Fsp3) is 0.455. The molecule has 0 spiro atoms. The molecule has 0 saturated heterocycles. The quantitative estimate of drug-likeness (QED) is 0.789. The van der Waals surface area contributed by atoms with Crippen molar-refractivity contribution in [3.8, 4) is 0 Å². The minimum Gasteiger partial charge on any atom is -0.376 e. The van der Waals surface area contributed by atoms with Gasteiger partial charge >= 0.3 is 0 Å². The molecule has 0 bridgehead atoms. The van der Waals surface area contributed by atoms with Crippen molar-refractivity contribution in [3.63, 3.8) is 0 Å². The molecule has 82 valence electrons. The molecule has 4 heteroatoms. The van der Waals surface area contributed by atoms with E-state index in [0.29, 0.717) is 0 Å². The summed E-state index contributed by atoms with van der Waals surface area (Å²) < 4.78 is 26.6. The van der Waals surface area contributed by atoms with Crippen molar-refractivity contribution in [2.75, 3.05) is 5.32 Å². The summed E-state index contributed by atoms with van der Waals surface area (Å²) in [6.07, 6.45) is 2.79. The zero-order chi connectivity index (χ0) is 10.8. The van der Waals surface area contributed by atoms with Crippen molar-refractivity contribution >= 4 is 5.69 Å². The largest absolute Gasteiger partial charge is 0.376 e. The maximum absolute atomic E-state index is 13.3. The first-order valence-electron chi connectivity index (χ1n) is 5.14. The van der Waals surface area contributed by atoms with Crippen molar-refractivity contribution in [2.24, 2.45) is 5.73 Å². The summed E-state index contributed by atoms with van der Waals surface area (Å²) >= 11 is 0. The van der Waals surface area contributed by atoms with Crippen LogP contribution in [-0.4, -0.2) is 12.1 Å². The molecular formula is C11H14F2N2. The Morgan fingerprint density at radius 3 is 2.40 bits per heavy atom. The Bertz CT molecular complexity index is 334. The summed E-state index contributed by atoms with van der Waals surface area (Å²) in [5.74, 6) is -1.12. The molecule has 1 aliphatic rings. The van der Waals surface area contributed by atoms with Crippen LogP contribution in [0.1, 0.15) is 19.3 Å². The van der Waals surface area contributed by atoms with Crippen LogP contribution in [0.2, 0.25) is 0 Å². The monoisotopic (exact) mass is 212 g/mol. The van der Waals surface area contributed by atoms with E-state index in [9.17, 15) is 8.78 Å². The van der Waals surface area contributed by atoms with E-state index in [1.807, 2.05) is 0 Å². The fourth-order valence-corrected chi connectivity index (χ4v) is 1.99. The van der Waals surface area contributed by atoms with Crippen LogP contribution in [0.4, 0.5) is 14.5 Å². The molecule has 1 aromatic rings. The lowest BCUT2D eigenvalue weighted by molar-refractivity contribution is 0.571. The third kappa shape index (κ3) is 2.09. The normalized spacial score (nSPS) is 25.5. The van der Waals surface area contributed by atoms with Gasteiger partial charge in [0.1, 0.15) is 17.3 Å². The summed E-state index contributed by atoms with van der Waals surface area (Å²) in [5, 5.41) is 2.85. The van der Waals surface area contributed by atoms with Gasteiger partial charge in [-0.05, 0) is 31.4 Å². The number of nitrogens with one attached hydrogen (secondary N) is 1. The van der Waals surface area contributed by atoms with Gasteiger partial charge < -0.3 is 11.1 Å². The number of nitrogens with two attached hydrogens (primary N) is 1. The van der Waals surface area contributed by atoms with E-state index < -0.39 is 11.6 Å². The van der Waals surface area contributed by atoms with E-state index in [4.69, 9.17) is 5.73 Å². The second-order valence-corrected chi connectivity index (χ2v) is 3.94. The van der Waals surface area contributed by atoms with Gasteiger partial charge in [-0.2, -0.15) is 0 Å². The van der Waals surface area contributed by atoms with Gasteiger partial charge in [0, 0.05) is 12.1 Å². The summed E-state index contributed by atoms with van der Waals surface area (Å²) in [6.45, 7) is 0. The Hall–Kier alpha value is -1.16. The smallest absolute Gasteiger partial charge is 0.149 e. The average Bonchev–Trinajstić information content (AvgIpc) is 2.58. The molecule has 2 nitrogen and oxygen atoms in total. The Kier molecular flexibility index (Phi) is 2.86. The number of anilines is 1. The van der Waals surface area contributed by atoms with Gasteiger partial charge in [-0.1, -0.05) is 6.07 Å². The fourth-order valence-electron chi connectivity index (χ4n) is 1.99. The van der Waals surface area contributed by atoms with Crippen LogP contribution in [0.15, 0.2) is 18.2 Å². The van der Waals surface area contributed by atoms with Gasteiger partial charge in [-0.15, -0.1) is 0 Å². The van der Waals surface area contributed by atoms with E-state index in [2.05, 4.69) is 5.32 Å². The highest BCUT2D eigenvalue weighted by Crippen LogP contribution is 2.25. The number of benzene rings is 1. The first kappa shape index (κ1) is 10.4. The molecule has 3 N–H and O–H groups in total. The van der Waals surface area contributed by atoms with Crippen LogP contribution in [-0.2, 0) is 0 Å². The van der Waals surface area contributed by atoms with Crippen LogP contribution in [0, 0.1) is 11.6 Å². The van der Waals surface area contributed by atoms with Crippen molar-refractivity contribution in [1.29, 1.82) is 0 Å². The Morgan fingerprint density at radius 2 is 1.87 bits per heavy atom. The molecule has 1 aromatic carbocycles. The lowest BCUT2D eigenvalue weighted by Crippen LogP contribution is -2.35. The highest BCUT2D eigenvalue weighted by molar-refractivity contribution is 5.47. The molecule has 0 heterocycles. The van der Waals surface area contributed by atoms with E-state index in [1.165, 1.54) is 18.2 Å². The Labute approximate surface area is 87.5 Å². The third-order valence-corrected chi connectivity index (χ3v) is 2.86. The zero-order valence-corrected chi connectivity index (χ0v) is 8.34. The highest BCUT2D eigenvalue weighted by Gasteiger charge is 2.25. The lowest BCUT2D eigenvalue weighted by Gasteiger charge is -2.19. The molecular weight excluding hydrogens is 198 g/mol. The first-order chi connectivity index (χ1) is 7.18. The number of halogens is 2. The minimum atomic E-state index is -0.561. The highest BCUT2D eigenvalue weighted by atomic mass is 19.1. The summed E-state index contributed by atoms with van der Waals surface area (Å²) in [7, 11) is 0. The number of para-hydroxylation sites is 1. The first-order valence-corrected chi connectivity index (χ1v) is 5.14. The predicted octanol–water partition coefficient (Wildman–Crippen LogP) is 2.26. The van der Waals surface area contributed by atoms with Gasteiger partial charge in [0.25, 0.3) is 0 Å². The molecule has 1 saturated carbocycles. The Morgan fingerprint density at radius 1 is 1.20 bits per heavy atom. The maximum Gasteiger partial charge on any atom is 0.149 e. The topological polar surface area (TPSA) is 38.0 Å². The molecule has 1 fully saturated rings. The summed E-state index contributed by atoms with van der Waals surface area (Å²) in [5.41, 5.74) is 5.76. The van der Waals surface area contributed by atoms with Crippen LogP contribution in [0.25, 0.3) is 0 Å². The molecule has 0 unspecified atom stereocenters. The van der Waals surface area contributed by atoms with Crippen molar-refractivity contribution < 1.29 is 8.78 Å². The van der Waals surface area contributed by atoms with Gasteiger partial charge in [0.05, 0.1) is 0 Å². The van der Waals surface area contributed by atoms with E-state index in [1.54, 1.807) is 0 Å². The number of hydrogen-bond donors (Lipinski definition) is 2. The Balaban J connectivity index is 2.16. The second-order valence-electron chi connectivity index (χ2n) is 3.94. The van der Waals surface area contributed by atoms with Crippen LogP contribution in [0.5, 0.6) is 0 Å². The summed E-state index contributed by atoms with van der Waals surface area (Å²) in [4.78, 5) is 0. The van der Waals surface area contributed by atoms with Gasteiger partial charge in [0.2, 0.25) is 0 Å². The molecule has 2 rings (SSSR count). The summed E-state index contributed by atoms with van der Waals surface area (Å²) in [6, 6.07) is 3.81. The molecule has 0 aromatic heterocycles. The standard InChI is InChI=1S/C11H14F2N2/c12-7-3-1-4-8(13)11(7)15-10-6-2-5-9(10)14/h1,3-4,9-10,15H,2,5-6,14H2/t9-,10-/m0/s1. The predicted molar refractivity (Wildman–Crippen MR) is 55.6 cm³/mol. The van der Waals surface area contributed by atoms with Gasteiger partial charge in [-0.25, -0.2) is 8.78 Å². The van der Waals surface area contributed by atoms with Crippen LogP contribution in [0.3, 0.4) is 0 Å². The maximum atomic E-state index is 13.3. The zero-order valence-electron chi connectivity index (χ0n) is 8.34. The van der Waals surface area contributed by atoms with E-state index >= 15 is 0 Å². The second kappa shape index (κ2) is 4.14. The van der Waals surface area contributed by atoms with Gasteiger partial charge in [0.15, 0.2) is 0 Å². The average molecular weight is 212 g/mol. The molecule has 0 radical (unpaired) electrons. The number of hydrogen-bond acceptors (Lipinski definition) is 2. The van der Waals surface area contributed by atoms with E-state index in [0.717, 1.165) is 19.3 Å². The van der Waals surface area contributed by atoms with Gasteiger partial charge in [-0.3, -0.25) is 0 Å². The third-order valence-electron chi connectivity index (χ3n) is 2.86. The lowest BCUT2D eigenvalue weighted by atomic mass is 10.1.